The predicted octanol–water partition coefficient (Wildman–Crippen LogP) is 2.01. The van der Waals surface area contributed by atoms with Gasteiger partial charge in [-0.3, -0.25) is 4.72 Å². The molecule has 0 unspecified atom stereocenters. The van der Waals surface area contributed by atoms with E-state index in [9.17, 15) is 8.42 Å². The van der Waals surface area contributed by atoms with Crippen LogP contribution in [0.5, 0.6) is 0 Å². The average Bonchev–Trinajstić information content (AvgIpc) is 2.19. The van der Waals surface area contributed by atoms with Crippen molar-refractivity contribution in [1.29, 1.82) is 0 Å². The number of anilines is 1. The molecule has 0 aliphatic heterocycles. The van der Waals surface area contributed by atoms with Crippen molar-refractivity contribution in [2.45, 2.75) is 20.3 Å². The summed E-state index contributed by atoms with van der Waals surface area (Å²) in [5.74, 6) is 0.0997. The molecule has 1 aromatic carbocycles. The minimum absolute atomic E-state index is 0.0997. The SMILES string of the molecule is CCc1ccc(NS(=O)(=O)CC)cc1. The third-order valence-electron chi connectivity index (χ3n) is 2.02. The van der Waals surface area contributed by atoms with Gasteiger partial charge in [-0.15, -0.1) is 0 Å². The van der Waals surface area contributed by atoms with E-state index in [2.05, 4.69) is 11.6 Å². The van der Waals surface area contributed by atoms with Gasteiger partial charge in [-0.2, -0.15) is 0 Å². The monoisotopic (exact) mass is 213 g/mol. The van der Waals surface area contributed by atoms with Crippen molar-refractivity contribution in [2.75, 3.05) is 10.5 Å². The van der Waals surface area contributed by atoms with Crippen molar-refractivity contribution < 1.29 is 8.42 Å². The van der Waals surface area contributed by atoms with Crippen LogP contribution in [0, 0.1) is 0 Å². The molecule has 0 saturated carbocycles. The van der Waals surface area contributed by atoms with Gasteiger partial charge in [-0.25, -0.2) is 8.42 Å². The maximum atomic E-state index is 11.2. The van der Waals surface area contributed by atoms with Crippen LogP contribution in [-0.2, 0) is 16.4 Å². The van der Waals surface area contributed by atoms with Gasteiger partial charge in [-0.1, -0.05) is 19.1 Å². The molecule has 1 N–H and O–H groups in total. The third-order valence-corrected chi connectivity index (χ3v) is 3.32. The van der Waals surface area contributed by atoms with E-state index in [1.807, 2.05) is 12.1 Å². The van der Waals surface area contributed by atoms with Crippen LogP contribution < -0.4 is 4.72 Å². The van der Waals surface area contributed by atoms with Crippen LogP contribution in [0.1, 0.15) is 19.4 Å². The molecule has 1 aromatic rings. The van der Waals surface area contributed by atoms with Crippen LogP contribution in [0.15, 0.2) is 24.3 Å². The van der Waals surface area contributed by atoms with E-state index >= 15 is 0 Å². The molecule has 14 heavy (non-hydrogen) atoms. The van der Waals surface area contributed by atoms with Gasteiger partial charge in [0, 0.05) is 5.69 Å². The van der Waals surface area contributed by atoms with E-state index in [1.165, 1.54) is 5.56 Å². The molecule has 78 valence electrons. The van der Waals surface area contributed by atoms with Gasteiger partial charge in [0.1, 0.15) is 0 Å². The summed E-state index contributed by atoms with van der Waals surface area (Å²) in [6.45, 7) is 3.67. The van der Waals surface area contributed by atoms with Crippen molar-refractivity contribution >= 4 is 15.7 Å². The number of benzene rings is 1. The topological polar surface area (TPSA) is 46.2 Å². The highest BCUT2D eigenvalue weighted by molar-refractivity contribution is 7.92. The first-order chi connectivity index (χ1) is 6.57. The van der Waals surface area contributed by atoms with E-state index in [1.54, 1.807) is 19.1 Å². The summed E-state index contributed by atoms with van der Waals surface area (Å²) in [6.07, 6.45) is 0.959. The summed E-state index contributed by atoms with van der Waals surface area (Å²) in [5.41, 5.74) is 1.83. The van der Waals surface area contributed by atoms with Crippen LogP contribution in [-0.4, -0.2) is 14.2 Å². The molecule has 3 nitrogen and oxygen atoms in total. The Labute approximate surface area is 85.2 Å². The van der Waals surface area contributed by atoms with Gasteiger partial charge >= 0.3 is 0 Å². The maximum Gasteiger partial charge on any atom is 0.232 e. The smallest absolute Gasteiger partial charge is 0.232 e. The number of rotatable bonds is 4. The average molecular weight is 213 g/mol. The first kappa shape index (κ1) is 11.0. The van der Waals surface area contributed by atoms with E-state index in [-0.39, 0.29) is 5.75 Å². The first-order valence-corrected chi connectivity index (χ1v) is 6.32. The number of hydrogen-bond acceptors (Lipinski definition) is 2. The zero-order valence-electron chi connectivity index (χ0n) is 8.45. The standard InChI is InChI=1S/C10H15NO2S/c1-3-9-5-7-10(8-6-9)11-14(12,13)4-2/h5-8,11H,3-4H2,1-2H3. The Morgan fingerprint density at radius 2 is 1.71 bits per heavy atom. The lowest BCUT2D eigenvalue weighted by atomic mass is 10.2. The highest BCUT2D eigenvalue weighted by Crippen LogP contribution is 2.11. The maximum absolute atomic E-state index is 11.2. The van der Waals surface area contributed by atoms with Gasteiger partial charge < -0.3 is 0 Å². The molecule has 4 heteroatoms. The highest BCUT2D eigenvalue weighted by atomic mass is 32.2. The second-order valence-corrected chi connectivity index (χ2v) is 5.07. The first-order valence-electron chi connectivity index (χ1n) is 4.67. The Hall–Kier alpha value is -1.03. The molecule has 0 bridgehead atoms. The van der Waals surface area contributed by atoms with Gasteiger partial charge in [0.15, 0.2) is 0 Å². The minimum atomic E-state index is -3.14. The van der Waals surface area contributed by atoms with Crippen molar-refractivity contribution in [3.8, 4) is 0 Å². The Balaban J connectivity index is 2.79. The molecule has 0 aliphatic rings. The summed E-state index contributed by atoms with van der Waals surface area (Å²) >= 11 is 0. The van der Waals surface area contributed by atoms with Crippen molar-refractivity contribution in [3.05, 3.63) is 29.8 Å². The van der Waals surface area contributed by atoms with Gasteiger partial charge in [0.25, 0.3) is 0 Å². The fourth-order valence-corrected chi connectivity index (χ4v) is 1.70. The molecule has 0 aliphatic carbocycles. The van der Waals surface area contributed by atoms with E-state index in [0.29, 0.717) is 5.69 Å². The fourth-order valence-electron chi connectivity index (χ4n) is 1.06. The Bertz CT molecular complexity index is 381. The van der Waals surface area contributed by atoms with Crippen LogP contribution in [0.25, 0.3) is 0 Å². The van der Waals surface area contributed by atoms with E-state index in [0.717, 1.165) is 6.42 Å². The molecule has 1 rings (SSSR count). The second-order valence-electron chi connectivity index (χ2n) is 3.06. The highest BCUT2D eigenvalue weighted by Gasteiger charge is 2.05. The molecule has 0 amide bonds. The molecular formula is C10H15NO2S. The molecular weight excluding hydrogens is 198 g/mol. The molecule has 0 heterocycles. The van der Waals surface area contributed by atoms with Gasteiger partial charge in [-0.05, 0) is 31.0 Å². The van der Waals surface area contributed by atoms with E-state index < -0.39 is 10.0 Å². The Morgan fingerprint density at radius 1 is 1.14 bits per heavy atom. The quantitative estimate of drug-likeness (QED) is 0.831. The Morgan fingerprint density at radius 3 is 2.14 bits per heavy atom. The van der Waals surface area contributed by atoms with Crippen molar-refractivity contribution in [1.82, 2.24) is 0 Å². The zero-order valence-corrected chi connectivity index (χ0v) is 9.26. The third kappa shape index (κ3) is 3.03. The fraction of sp³-hybridized carbons (Fsp3) is 0.400. The lowest BCUT2D eigenvalue weighted by Crippen LogP contribution is -2.14. The second kappa shape index (κ2) is 4.46. The number of sulfonamides is 1. The van der Waals surface area contributed by atoms with Crippen LogP contribution in [0.4, 0.5) is 5.69 Å². The number of nitrogens with one attached hydrogen (secondary N) is 1. The van der Waals surface area contributed by atoms with Crippen LogP contribution in [0.2, 0.25) is 0 Å². The molecule has 0 fully saturated rings. The molecule has 0 atom stereocenters. The summed E-state index contributed by atoms with van der Waals surface area (Å²) in [6, 6.07) is 7.42. The largest absolute Gasteiger partial charge is 0.284 e. The van der Waals surface area contributed by atoms with Crippen molar-refractivity contribution in [2.24, 2.45) is 0 Å². The number of aryl methyl sites for hydroxylation is 1. The van der Waals surface area contributed by atoms with Crippen LogP contribution >= 0.6 is 0 Å². The molecule has 0 saturated heterocycles. The van der Waals surface area contributed by atoms with Crippen molar-refractivity contribution in [3.63, 3.8) is 0 Å². The van der Waals surface area contributed by atoms with Gasteiger partial charge in [0.05, 0.1) is 5.75 Å². The van der Waals surface area contributed by atoms with Crippen LogP contribution in [0.3, 0.4) is 0 Å². The predicted molar refractivity (Wildman–Crippen MR) is 58.9 cm³/mol. The van der Waals surface area contributed by atoms with Gasteiger partial charge in [0.2, 0.25) is 10.0 Å². The lowest BCUT2D eigenvalue weighted by molar-refractivity contribution is 0.602. The summed E-state index contributed by atoms with van der Waals surface area (Å²) in [4.78, 5) is 0. The zero-order chi connectivity index (χ0) is 10.6. The Kier molecular flexibility index (Phi) is 3.52. The number of hydrogen-bond donors (Lipinski definition) is 1. The molecule has 0 radical (unpaired) electrons. The summed E-state index contributed by atoms with van der Waals surface area (Å²) < 4.78 is 24.9. The molecule has 0 spiro atoms. The molecule has 0 aromatic heterocycles. The normalized spacial score (nSPS) is 11.3. The lowest BCUT2D eigenvalue weighted by Gasteiger charge is -2.05. The summed E-state index contributed by atoms with van der Waals surface area (Å²) in [5, 5.41) is 0. The minimum Gasteiger partial charge on any atom is -0.284 e. The van der Waals surface area contributed by atoms with E-state index in [4.69, 9.17) is 0 Å². The summed E-state index contributed by atoms with van der Waals surface area (Å²) in [7, 11) is -3.14.